The Morgan fingerprint density at radius 1 is 1.33 bits per heavy atom. The van der Waals surface area contributed by atoms with Crippen molar-refractivity contribution in [3.8, 4) is 0 Å². The van der Waals surface area contributed by atoms with Crippen LogP contribution >= 0.6 is 11.8 Å². The molecule has 1 nitrogen and oxygen atoms in total. The van der Waals surface area contributed by atoms with Gasteiger partial charge in [0.25, 0.3) is 0 Å². The molecule has 1 rings (SSSR count). The lowest BCUT2D eigenvalue weighted by Gasteiger charge is -2.00. The van der Waals surface area contributed by atoms with Gasteiger partial charge >= 0.3 is 0 Å². The summed E-state index contributed by atoms with van der Waals surface area (Å²) in [6.07, 6.45) is 2.29. The van der Waals surface area contributed by atoms with Crippen molar-refractivity contribution in [1.29, 1.82) is 0 Å². The molecule has 0 aromatic heterocycles. The van der Waals surface area contributed by atoms with Gasteiger partial charge in [0.05, 0.1) is 5.75 Å². The Hall–Kier alpha value is -0.830. The Kier molecular flexibility index (Phi) is 5.40. The summed E-state index contributed by atoms with van der Waals surface area (Å²) in [5.41, 5.74) is 0.598. The normalized spacial score (nSPS) is 10.3. The predicted octanol–water partition coefficient (Wildman–Crippen LogP) is 3.54. The minimum Gasteiger partial charge on any atom is -0.293 e. The fourth-order valence-corrected chi connectivity index (χ4v) is 2.12. The van der Waals surface area contributed by atoms with Gasteiger partial charge in [-0.15, -0.1) is 0 Å². The first-order valence-corrected chi connectivity index (χ1v) is 6.26. The van der Waals surface area contributed by atoms with Crippen LogP contribution in [0.15, 0.2) is 24.3 Å². The molecule has 0 fully saturated rings. The van der Waals surface area contributed by atoms with Gasteiger partial charge in [0.1, 0.15) is 5.82 Å². The fourth-order valence-electron chi connectivity index (χ4n) is 1.13. The van der Waals surface area contributed by atoms with Crippen LogP contribution in [0.2, 0.25) is 0 Å². The SMILES string of the molecule is CCCCSCC(=O)c1ccc(F)cc1. The van der Waals surface area contributed by atoms with Gasteiger partial charge in [0.2, 0.25) is 0 Å². The summed E-state index contributed by atoms with van der Waals surface area (Å²) in [6.45, 7) is 2.13. The zero-order valence-electron chi connectivity index (χ0n) is 8.83. The highest BCUT2D eigenvalue weighted by molar-refractivity contribution is 7.99. The lowest BCUT2D eigenvalue weighted by atomic mass is 10.1. The number of benzene rings is 1. The van der Waals surface area contributed by atoms with Gasteiger partial charge in [0, 0.05) is 5.56 Å². The van der Waals surface area contributed by atoms with Crippen molar-refractivity contribution >= 4 is 17.5 Å². The van der Waals surface area contributed by atoms with Crippen LogP contribution in [-0.4, -0.2) is 17.3 Å². The van der Waals surface area contributed by atoms with E-state index in [1.807, 2.05) is 0 Å². The molecule has 0 spiro atoms. The predicted molar refractivity (Wildman–Crippen MR) is 63.0 cm³/mol. The second-order valence-corrected chi connectivity index (χ2v) is 4.44. The zero-order valence-corrected chi connectivity index (χ0v) is 9.65. The van der Waals surface area contributed by atoms with E-state index < -0.39 is 0 Å². The molecule has 0 heterocycles. The fraction of sp³-hybridized carbons (Fsp3) is 0.417. The van der Waals surface area contributed by atoms with E-state index >= 15 is 0 Å². The minimum atomic E-state index is -0.301. The van der Waals surface area contributed by atoms with E-state index in [1.54, 1.807) is 11.8 Å². The van der Waals surface area contributed by atoms with E-state index in [2.05, 4.69) is 6.92 Å². The first kappa shape index (κ1) is 12.2. The van der Waals surface area contributed by atoms with E-state index in [4.69, 9.17) is 0 Å². The number of rotatable bonds is 6. The summed E-state index contributed by atoms with van der Waals surface area (Å²) in [4.78, 5) is 11.6. The molecule has 0 radical (unpaired) electrons. The maximum absolute atomic E-state index is 12.6. The Morgan fingerprint density at radius 2 is 2.00 bits per heavy atom. The Balaban J connectivity index is 2.37. The van der Waals surface area contributed by atoms with E-state index in [1.165, 1.54) is 24.3 Å². The Morgan fingerprint density at radius 3 is 2.60 bits per heavy atom. The van der Waals surface area contributed by atoms with Crippen LogP contribution in [0.1, 0.15) is 30.1 Å². The van der Waals surface area contributed by atoms with Crippen molar-refractivity contribution in [2.45, 2.75) is 19.8 Å². The Labute approximate surface area is 94.1 Å². The van der Waals surface area contributed by atoms with E-state index in [9.17, 15) is 9.18 Å². The maximum Gasteiger partial charge on any atom is 0.172 e. The molecule has 1 aromatic rings. The van der Waals surface area contributed by atoms with E-state index in [-0.39, 0.29) is 11.6 Å². The number of halogens is 1. The van der Waals surface area contributed by atoms with Gasteiger partial charge in [-0.05, 0) is 36.4 Å². The Bertz CT molecular complexity index is 308. The first-order valence-electron chi connectivity index (χ1n) is 5.10. The molecule has 0 saturated carbocycles. The average molecular weight is 226 g/mol. The summed E-state index contributed by atoms with van der Waals surface area (Å²) >= 11 is 1.64. The van der Waals surface area contributed by atoms with Crippen molar-refractivity contribution in [3.63, 3.8) is 0 Å². The third-order valence-electron chi connectivity index (χ3n) is 2.04. The van der Waals surface area contributed by atoms with Gasteiger partial charge < -0.3 is 0 Å². The number of carbonyl (C=O) groups excluding carboxylic acids is 1. The zero-order chi connectivity index (χ0) is 11.1. The van der Waals surface area contributed by atoms with Crippen molar-refractivity contribution in [1.82, 2.24) is 0 Å². The minimum absolute atomic E-state index is 0.0797. The smallest absolute Gasteiger partial charge is 0.172 e. The number of thioether (sulfide) groups is 1. The molecule has 0 aliphatic heterocycles. The molecule has 82 valence electrons. The summed E-state index contributed by atoms with van der Waals surface area (Å²) in [6, 6.07) is 5.73. The van der Waals surface area contributed by atoms with Gasteiger partial charge in [-0.25, -0.2) is 4.39 Å². The molecule has 0 N–H and O–H groups in total. The van der Waals surface area contributed by atoms with E-state index in [0.29, 0.717) is 11.3 Å². The summed E-state index contributed by atoms with van der Waals surface area (Å²) in [5.74, 6) is 1.29. The largest absolute Gasteiger partial charge is 0.293 e. The molecule has 1 aromatic carbocycles. The molecule has 0 bridgehead atoms. The molecule has 15 heavy (non-hydrogen) atoms. The highest BCUT2D eigenvalue weighted by Crippen LogP contribution is 2.10. The molecule has 0 amide bonds. The van der Waals surface area contributed by atoms with Gasteiger partial charge in [-0.1, -0.05) is 13.3 Å². The number of hydrogen-bond donors (Lipinski definition) is 0. The number of Topliss-reactive ketones (excluding diaryl/α,β-unsaturated/α-hetero) is 1. The van der Waals surface area contributed by atoms with Crippen molar-refractivity contribution in [3.05, 3.63) is 35.6 Å². The second kappa shape index (κ2) is 6.62. The highest BCUT2D eigenvalue weighted by atomic mass is 32.2. The lowest BCUT2D eigenvalue weighted by Crippen LogP contribution is -2.02. The van der Waals surface area contributed by atoms with Crippen LogP contribution < -0.4 is 0 Å². The number of ketones is 1. The average Bonchev–Trinajstić information content (AvgIpc) is 2.25. The molecular formula is C12H15FOS. The number of unbranched alkanes of at least 4 members (excludes halogenated alkanes) is 1. The second-order valence-electron chi connectivity index (χ2n) is 3.34. The van der Waals surface area contributed by atoms with Gasteiger partial charge in [0.15, 0.2) is 5.78 Å². The van der Waals surface area contributed by atoms with E-state index in [0.717, 1.165) is 18.6 Å². The van der Waals surface area contributed by atoms with Crippen LogP contribution in [0.4, 0.5) is 4.39 Å². The molecule has 0 aliphatic rings. The topological polar surface area (TPSA) is 17.1 Å². The standard InChI is InChI=1S/C12H15FOS/c1-2-3-8-15-9-12(14)10-4-6-11(13)7-5-10/h4-7H,2-3,8-9H2,1H3. The maximum atomic E-state index is 12.6. The molecule has 0 aliphatic carbocycles. The molecular weight excluding hydrogens is 211 g/mol. The molecule has 0 saturated heterocycles. The van der Waals surface area contributed by atoms with Crippen molar-refractivity contribution < 1.29 is 9.18 Å². The quantitative estimate of drug-likeness (QED) is 0.545. The van der Waals surface area contributed by atoms with Crippen LogP contribution in [-0.2, 0) is 0 Å². The van der Waals surface area contributed by atoms with Gasteiger partial charge in [-0.2, -0.15) is 11.8 Å². The van der Waals surface area contributed by atoms with Crippen molar-refractivity contribution in [2.24, 2.45) is 0 Å². The highest BCUT2D eigenvalue weighted by Gasteiger charge is 2.05. The molecule has 3 heteroatoms. The number of hydrogen-bond acceptors (Lipinski definition) is 2. The van der Waals surface area contributed by atoms with Crippen LogP contribution in [0, 0.1) is 5.82 Å². The van der Waals surface area contributed by atoms with Gasteiger partial charge in [-0.3, -0.25) is 4.79 Å². The third kappa shape index (κ3) is 4.47. The molecule has 0 atom stereocenters. The van der Waals surface area contributed by atoms with Crippen molar-refractivity contribution in [2.75, 3.05) is 11.5 Å². The third-order valence-corrected chi connectivity index (χ3v) is 3.09. The molecule has 0 unspecified atom stereocenters. The lowest BCUT2D eigenvalue weighted by molar-refractivity contribution is 0.102. The monoisotopic (exact) mass is 226 g/mol. The summed E-state index contributed by atoms with van der Waals surface area (Å²) in [7, 11) is 0. The van der Waals surface area contributed by atoms with Crippen LogP contribution in [0.25, 0.3) is 0 Å². The first-order chi connectivity index (χ1) is 7.24. The summed E-state index contributed by atoms with van der Waals surface area (Å²) in [5, 5.41) is 0. The summed E-state index contributed by atoms with van der Waals surface area (Å²) < 4.78 is 12.6. The van der Waals surface area contributed by atoms with Crippen LogP contribution in [0.5, 0.6) is 0 Å². The number of carbonyl (C=O) groups is 1. The van der Waals surface area contributed by atoms with Crippen LogP contribution in [0.3, 0.4) is 0 Å².